The van der Waals surface area contributed by atoms with Gasteiger partial charge in [-0.15, -0.1) is 0 Å². The van der Waals surface area contributed by atoms with E-state index < -0.39 is 5.92 Å². The number of likely N-dealkylation sites (N-methyl/N-ethyl adjacent to an activating group) is 1. The summed E-state index contributed by atoms with van der Waals surface area (Å²) in [6.07, 6.45) is 0. The van der Waals surface area contributed by atoms with Crippen molar-refractivity contribution in [2.24, 2.45) is 0 Å². The fraction of sp³-hybridized carbons (Fsp3) is 0.462. The molecule has 0 heterocycles. The Kier molecular flexibility index (Phi) is 5.10. The van der Waals surface area contributed by atoms with Gasteiger partial charge >= 0.3 is 0 Å². The molecule has 1 atom stereocenters. The largest absolute Gasteiger partial charge is 0.395 e. The van der Waals surface area contributed by atoms with E-state index in [1.807, 2.05) is 6.92 Å². The number of hydrogen-bond acceptors (Lipinski definition) is 2. The molecular weight excluding hydrogens is 221 g/mol. The molecule has 1 unspecified atom stereocenters. The third-order valence-electron chi connectivity index (χ3n) is 2.78. The molecule has 3 nitrogen and oxygen atoms in total. The summed E-state index contributed by atoms with van der Waals surface area (Å²) in [5, 5.41) is 8.86. The predicted molar refractivity (Wildman–Crippen MR) is 64.2 cm³/mol. The zero-order chi connectivity index (χ0) is 12.8. The molecule has 1 amide bonds. The average Bonchev–Trinajstić information content (AvgIpc) is 2.34. The molecule has 0 saturated heterocycles. The van der Waals surface area contributed by atoms with Crippen molar-refractivity contribution in [1.29, 1.82) is 0 Å². The van der Waals surface area contributed by atoms with Crippen LogP contribution in [0.25, 0.3) is 0 Å². The third kappa shape index (κ3) is 3.53. The topological polar surface area (TPSA) is 40.5 Å². The van der Waals surface area contributed by atoms with Crippen molar-refractivity contribution >= 4 is 5.91 Å². The normalized spacial score (nSPS) is 12.2. The molecule has 0 aromatic heterocycles. The van der Waals surface area contributed by atoms with E-state index in [0.717, 1.165) is 0 Å². The molecule has 0 saturated carbocycles. The first-order valence-corrected chi connectivity index (χ1v) is 5.75. The lowest BCUT2D eigenvalue weighted by Crippen LogP contribution is -2.36. The number of amides is 1. The minimum atomic E-state index is -0.391. The molecule has 0 aliphatic heterocycles. The quantitative estimate of drug-likeness (QED) is 0.850. The van der Waals surface area contributed by atoms with Crippen molar-refractivity contribution < 1.29 is 14.3 Å². The van der Waals surface area contributed by atoms with Crippen LogP contribution in [0.15, 0.2) is 24.3 Å². The fourth-order valence-corrected chi connectivity index (χ4v) is 1.74. The summed E-state index contributed by atoms with van der Waals surface area (Å²) in [7, 11) is 0. The summed E-state index contributed by atoms with van der Waals surface area (Å²) in [4.78, 5) is 13.6. The predicted octanol–water partition coefficient (Wildman–Crippen LogP) is 1.77. The third-order valence-corrected chi connectivity index (χ3v) is 2.78. The van der Waals surface area contributed by atoms with Gasteiger partial charge in [-0.1, -0.05) is 12.1 Å². The molecule has 1 rings (SSSR count). The molecule has 0 spiro atoms. The molecule has 1 aromatic rings. The minimum Gasteiger partial charge on any atom is -0.395 e. The van der Waals surface area contributed by atoms with Gasteiger partial charge in [0.15, 0.2) is 0 Å². The Bertz CT molecular complexity index is 381. The highest BCUT2D eigenvalue weighted by Gasteiger charge is 2.20. The Morgan fingerprint density at radius 3 is 2.76 bits per heavy atom. The van der Waals surface area contributed by atoms with Gasteiger partial charge in [-0.25, -0.2) is 4.39 Å². The number of nitrogens with zero attached hydrogens (tertiary/aromatic N) is 1. The van der Waals surface area contributed by atoms with Crippen LogP contribution >= 0.6 is 0 Å². The first kappa shape index (κ1) is 13.6. The summed E-state index contributed by atoms with van der Waals surface area (Å²) in [6, 6.07) is 6.05. The van der Waals surface area contributed by atoms with Crippen LogP contribution in [0.3, 0.4) is 0 Å². The standard InChI is InChI=1S/C13H18FNO2/c1-3-15(7-8-16)13(17)10(2)11-5-4-6-12(14)9-11/h4-6,9-10,16H,3,7-8H2,1-2H3. The minimum absolute atomic E-state index is 0.0601. The molecule has 0 fully saturated rings. The maximum absolute atomic E-state index is 13.1. The molecule has 0 aliphatic rings. The van der Waals surface area contributed by atoms with Gasteiger partial charge < -0.3 is 10.0 Å². The fourth-order valence-electron chi connectivity index (χ4n) is 1.74. The van der Waals surface area contributed by atoms with Gasteiger partial charge in [-0.2, -0.15) is 0 Å². The van der Waals surface area contributed by atoms with Crippen LogP contribution in [-0.4, -0.2) is 35.6 Å². The van der Waals surface area contributed by atoms with Gasteiger partial charge in [0.2, 0.25) is 5.91 Å². The van der Waals surface area contributed by atoms with Crippen molar-refractivity contribution in [3.05, 3.63) is 35.6 Å². The molecule has 94 valence electrons. The molecule has 1 aromatic carbocycles. The van der Waals surface area contributed by atoms with Gasteiger partial charge in [0.25, 0.3) is 0 Å². The molecule has 17 heavy (non-hydrogen) atoms. The first-order valence-electron chi connectivity index (χ1n) is 5.75. The molecule has 0 radical (unpaired) electrons. The molecule has 0 bridgehead atoms. The first-order chi connectivity index (χ1) is 8.10. The Morgan fingerprint density at radius 1 is 1.53 bits per heavy atom. The highest BCUT2D eigenvalue weighted by atomic mass is 19.1. The zero-order valence-electron chi connectivity index (χ0n) is 10.2. The van der Waals surface area contributed by atoms with Crippen molar-refractivity contribution in [3.8, 4) is 0 Å². The second kappa shape index (κ2) is 6.35. The lowest BCUT2D eigenvalue weighted by Gasteiger charge is -2.23. The van der Waals surface area contributed by atoms with E-state index in [-0.39, 0.29) is 18.3 Å². The van der Waals surface area contributed by atoms with Gasteiger partial charge in [-0.3, -0.25) is 4.79 Å². The maximum atomic E-state index is 13.1. The van der Waals surface area contributed by atoms with Crippen LogP contribution in [0, 0.1) is 5.82 Å². The summed E-state index contributed by atoms with van der Waals surface area (Å²) in [5.74, 6) is -0.822. The molecule has 0 aliphatic carbocycles. The van der Waals surface area contributed by atoms with Crippen molar-refractivity contribution in [2.45, 2.75) is 19.8 Å². The van der Waals surface area contributed by atoms with E-state index in [0.29, 0.717) is 18.7 Å². The van der Waals surface area contributed by atoms with Crippen LogP contribution in [0.4, 0.5) is 4.39 Å². The van der Waals surface area contributed by atoms with Crippen molar-refractivity contribution in [1.82, 2.24) is 4.90 Å². The van der Waals surface area contributed by atoms with Crippen LogP contribution in [0.2, 0.25) is 0 Å². The number of hydrogen-bond donors (Lipinski definition) is 1. The second-order valence-electron chi connectivity index (χ2n) is 3.92. The average molecular weight is 239 g/mol. The number of rotatable bonds is 5. The van der Waals surface area contributed by atoms with E-state index >= 15 is 0 Å². The van der Waals surface area contributed by atoms with E-state index in [9.17, 15) is 9.18 Å². The lowest BCUT2D eigenvalue weighted by molar-refractivity contribution is -0.132. The number of aliphatic hydroxyl groups excluding tert-OH is 1. The molecule has 1 N–H and O–H groups in total. The smallest absolute Gasteiger partial charge is 0.229 e. The second-order valence-corrected chi connectivity index (χ2v) is 3.92. The van der Waals surface area contributed by atoms with Crippen molar-refractivity contribution in [2.75, 3.05) is 19.7 Å². The Hall–Kier alpha value is -1.42. The highest BCUT2D eigenvalue weighted by Crippen LogP contribution is 2.18. The van der Waals surface area contributed by atoms with Gasteiger partial charge in [-0.05, 0) is 31.5 Å². The number of benzene rings is 1. The summed E-state index contributed by atoms with van der Waals surface area (Å²) >= 11 is 0. The van der Waals surface area contributed by atoms with E-state index in [1.165, 1.54) is 12.1 Å². The monoisotopic (exact) mass is 239 g/mol. The Labute approximate surface area is 101 Å². The van der Waals surface area contributed by atoms with Crippen LogP contribution < -0.4 is 0 Å². The molecular formula is C13H18FNO2. The number of carbonyl (C=O) groups excluding carboxylic acids is 1. The summed E-state index contributed by atoms with van der Waals surface area (Å²) in [5.41, 5.74) is 0.659. The summed E-state index contributed by atoms with van der Waals surface area (Å²) < 4.78 is 13.1. The highest BCUT2D eigenvalue weighted by molar-refractivity contribution is 5.83. The van der Waals surface area contributed by atoms with E-state index in [4.69, 9.17) is 5.11 Å². The number of carbonyl (C=O) groups is 1. The van der Waals surface area contributed by atoms with Gasteiger partial charge in [0, 0.05) is 13.1 Å². The van der Waals surface area contributed by atoms with Crippen LogP contribution in [0.5, 0.6) is 0 Å². The van der Waals surface area contributed by atoms with E-state index in [2.05, 4.69) is 0 Å². The lowest BCUT2D eigenvalue weighted by atomic mass is 9.99. The van der Waals surface area contributed by atoms with Gasteiger partial charge in [0.05, 0.1) is 12.5 Å². The Balaban J connectivity index is 2.81. The van der Waals surface area contributed by atoms with Gasteiger partial charge in [0.1, 0.15) is 5.82 Å². The molecule has 4 heteroatoms. The SMILES string of the molecule is CCN(CCO)C(=O)C(C)c1cccc(F)c1. The number of aliphatic hydroxyl groups is 1. The zero-order valence-corrected chi connectivity index (χ0v) is 10.2. The number of halogens is 1. The van der Waals surface area contributed by atoms with Crippen molar-refractivity contribution in [3.63, 3.8) is 0 Å². The Morgan fingerprint density at radius 2 is 2.24 bits per heavy atom. The summed E-state index contributed by atoms with van der Waals surface area (Å²) in [6.45, 7) is 4.40. The maximum Gasteiger partial charge on any atom is 0.229 e. The van der Waals surface area contributed by atoms with E-state index in [1.54, 1.807) is 24.0 Å². The van der Waals surface area contributed by atoms with Crippen LogP contribution in [-0.2, 0) is 4.79 Å². The van der Waals surface area contributed by atoms with Crippen LogP contribution in [0.1, 0.15) is 25.3 Å².